The minimum absolute atomic E-state index is 0.140. The molecule has 2 aromatic carbocycles. The lowest BCUT2D eigenvalue weighted by Crippen LogP contribution is -2.54. The third-order valence-electron chi connectivity index (χ3n) is 5.72. The number of hydrogen-bond donors (Lipinski definition) is 1. The Morgan fingerprint density at radius 3 is 2.55 bits per heavy atom. The summed E-state index contributed by atoms with van der Waals surface area (Å²) < 4.78 is 16.5. The van der Waals surface area contributed by atoms with E-state index < -0.39 is 0 Å². The van der Waals surface area contributed by atoms with Crippen LogP contribution in [0.1, 0.15) is 13.8 Å². The van der Waals surface area contributed by atoms with Crippen molar-refractivity contribution in [2.45, 2.75) is 19.9 Å². The molecular formula is C23H27N3O5. The van der Waals surface area contributed by atoms with E-state index in [4.69, 9.17) is 13.9 Å². The smallest absolute Gasteiger partial charge is 0.409 e. The number of rotatable bonds is 5. The van der Waals surface area contributed by atoms with Crippen molar-refractivity contribution in [1.29, 1.82) is 0 Å². The van der Waals surface area contributed by atoms with Gasteiger partial charge in [-0.1, -0.05) is 18.2 Å². The molecule has 0 bridgehead atoms. The predicted molar refractivity (Wildman–Crippen MR) is 119 cm³/mol. The fourth-order valence-corrected chi connectivity index (χ4v) is 3.93. The third kappa shape index (κ3) is 4.16. The van der Waals surface area contributed by atoms with Gasteiger partial charge in [-0.15, -0.1) is 0 Å². The highest BCUT2D eigenvalue weighted by molar-refractivity contribution is 6.08. The van der Waals surface area contributed by atoms with E-state index in [1.807, 2.05) is 37.3 Å². The van der Waals surface area contributed by atoms with Gasteiger partial charge in [0.15, 0.2) is 0 Å². The summed E-state index contributed by atoms with van der Waals surface area (Å²) in [6.07, 6.45) is -0.303. The second-order valence-electron chi connectivity index (χ2n) is 7.53. The maximum Gasteiger partial charge on any atom is 0.409 e. The van der Waals surface area contributed by atoms with Crippen LogP contribution >= 0.6 is 0 Å². The number of hydrogen-bond acceptors (Lipinski definition) is 6. The molecule has 0 spiro atoms. The zero-order valence-corrected chi connectivity index (χ0v) is 18.0. The molecule has 1 N–H and O–H groups in total. The van der Waals surface area contributed by atoms with Crippen molar-refractivity contribution in [2.24, 2.45) is 0 Å². The van der Waals surface area contributed by atoms with Gasteiger partial charge in [0, 0.05) is 43.0 Å². The van der Waals surface area contributed by atoms with Gasteiger partial charge in [0.05, 0.1) is 25.4 Å². The molecular weight excluding hydrogens is 398 g/mol. The van der Waals surface area contributed by atoms with Gasteiger partial charge in [-0.05, 0) is 26.0 Å². The normalized spacial score (nSPS) is 15.8. The van der Waals surface area contributed by atoms with Crippen LogP contribution in [0.25, 0.3) is 21.9 Å². The van der Waals surface area contributed by atoms with E-state index in [-0.39, 0.29) is 18.0 Å². The van der Waals surface area contributed by atoms with Gasteiger partial charge in [0.2, 0.25) is 5.91 Å². The second kappa shape index (κ2) is 8.85. The molecule has 2 heterocycles. The molecule has 3 aromatic rings. The van der Waals surface area contributed by atoms with Crippen LogP contribution in [0.4, 0.5) is 10.5 Å². The van der Waals surface area contributed by atoms with Gasteiger partial charge in [0.25, 0.3) is 0 Å². The third-order valence-corrected chi connectivity index (χ3v) is 5.72. The van der Waals surface area contributed by atoms with E-state index in [1.165, 1.54) is 0 Å². The summed E-state index contributed by atoms with van der Waals surface area (Å²) >= 11 is 0. The molecule has 31 heavy (non-hydrogen) atoms. The number of carbonyl (C=O) groups is 2. The minimum atomic E-state index is -0.361. The number of fused-ring (bicyclic) bond motifs is 3. The van der Waals surface area contributed by atoms with E-state index >= 15 is 0 Å². The number of amides is 2. The van der Waals surface area contributed by atoms with Crippen molar-refractivity contribution in [3.8, 4) is 5.75 Å². The summed E-state index contributed by atoms with van der Waals surface area (Å²) in [6.45, 7) is 6.28. The molecule has 1 saturated heterocycles. The molecule has 1 fully saturated rings. The molecule has 0 radical (unpaired) electrons. The Labute approximate surface area is 180 Å². The zero-order valence-electron chi connectivity index (χ0n) is 18.0. The average molecular weight is 425 g/mol. The Kier molecular flexibility index (Phi) is 5.99. The molecule has 1 aliphatic rings. The van der Waals surface area contributed by atoms with E-state index in [9.17, 15) is 9.59 Å². The Hall–Kier alpha value is -3.26. The molecule has 0 saturated carbocycles. The highest BCUT2D eigenvalue weighted by atomic mass is 16.6. The molecule has 4 rings (SSSR count). The number of anilines is 1. The van der Waals surface area contributed by atoms with Crippen molar-refractivity contribution in [3.63, 3.8) is 0 Å². The molecule has 164 valence electrons. The molecule has 8 heteroatoms. The van der Waals surface area contributed by atoms with Crippen LogP contribution in [0.2, 0.25) is 0 Å². The summed E-state index contributed by atoms with van der Waals surface area (Å²) in [6, 6.07) is 11.1. The van der Waals surface area contributed by atoms with Gasteiger partial charge in [-0.2, -0.15) is 0 Å². The highest BCUT2D eigenvalue weighted by Crippen LogP contribution is 2.36. The monoisotopic (exact) mass is 425 g/mol. The zero-order chi connectivity index (χ0) is 22.0. The molecule has 1 atom stereocenters. The fraction of sp³-hybridized carbons (Fsp3) is 0.391. The number of piperazine rings is 1. The van der Waals surface area contributed by atoms with Crippen LogP contribution < -0.4 is 10.1 Å². The maximum absolute atomic E-state index is 13.0. The number of nitrogens with zero attached hydrogens (tertiary/aromatic N) is 2. The van der Waals surface area contributed by atoms with Crippen LogP contribution in [0.5, 0.6) is 5.75 Å². The van der Waals surface area contributed by atoms with Crippen molar-refractivity contribution in [3.05, 3.63) is 36.4 Å². The lowest BCUT2D eigenvalue weighted by molar-refractivity contribution is -0.121. The predicted octanol–water partition coefficient (Wildman–Crippen LogP) is 3.70. The number of ether oxygens (including phenoxy) is 2. The van der Waals surface area contributed by atoms with E-state index in [2.05, 4.69) is 10.2 Å². The fourth-order valence-electron chi connectivity index (χ4n) is 3.93. The van der Waals surface area contributed by atoms with Crippen LogP contribution in [0.3, 0.4) is 0 Å². The first-order chi connectivity index (χ1) is 15.0. The number of benzene rings is 2. The first kappa shape index (κ1) is 21.0. The summed E-state index contributed by atoms with van der Waals surface area (Å²) in [4.78, 5) is 28.6. The number of nitrogens with one attached hydrogen (secondary N) is 1. The SMILES string of the molecule is CCOC(=O)N1CCN([C@@H](C)C(=O)Nc2cc3oc4ccccc4c3cc2OC)CC1. The molecule has 0 aliphatic carbocycles. The number of carbonyl (C=O) groups excluding carboxylic acids is 2. The van der Waals surface area contributed by atoms with Gasteiger partial charge in [0.1, 0.15) is 16.9 Å². The first-order valence-electron chi connectivity index (χ1n) is 10.5. The van der Waals surface area contributed by atoms with E-state index in [0.717, 1.165) is 16.4 Å². The Morgan fingerprint density at radius 1 is 1.10 bits per heavy atom. The maximum atomic E-state index is 13.0. The van der Waals surface area contributed by atoms with Crippen LogP contribution in [0.15, 0.2) is 40.8 Å². The lowest BCUT2D eigenvalue weighted by atomic mass is 10.1. The largest absolute Gasteiger partial charge is 0.495 e. The minimum Gasteiger partial charge on any atom is -0.495 e. The Morgan fingerprint density at radius 2 is 1.84 bits per heavy atom. The van der Waals surface area contributed by atoms with Crippen molar-refractivity contribution < 1.29 is 23.5 Å². The Balaban J connectivity index is 1.47. The quantitative estimate of drug-likeness (QED) is 0.671. The van der Waals surface area contributed by atoms with Crippen LogP contribution in [0, 0.1) is 0 Å². The van der Waals surface area contributed by atoms with Crippen molar-refractivity contribution >= 4 is 39.6 Å². The average Bonchev–Trinajstić information content (AvgIpc) is 3.15. The Bertz CT molecular complexity index is 1100. The van der Waals surface area contributed by atoms with Gasteiger partial charge >= 0.3 is 6.09 Å². The summed E-state index contributed by atoms with van der Waals surface area (Å²) in [7, 11) is 1.58. The summed E-state index contributed by atoms with van der Waals surface area (Å²) in [5.41, 5.74) is 2.04. The number of furan rings is 1. The van der Waals surface area contributed by atoms with Gasteiger partial charge in [-0.25, -0.2) is 4.79 Å². The number of methoxy groups -OCH3 is 1. The summed E-state index contributed by atoms with van der Waals surface area (Å²) in [5, 5.41) is 4.92. The molecule has 1 aromatic heterocycles. The molecule has 1 aliphatic heterocycles. The second-order valence-corrected chi connectivity index (χ2v) is 7.53. The van der Waals surface area contributed by atoms with Crippen LogP contribution in [-0.2, 0) is 9.53 Å². The first-order valence-corrected chi connectivity index (χ1v) is 10.5. The number of para-hydroxylation sites is 1. The highest BCUT2D eigenvalue weighted by Gasteiger charge is 2.28. The van der Waals surface area contributed by atoms with Crippen molar-refractivity contribution in [2.75, 3.05) is 45.2 Å². The van der Waals surface area contributed by atoms with Crippen LogP contribution in [-0.4, -0.2) is 67.7 Å². The van der Waals surface area contributed by atoms with Gasteiger partial charge in [-0.3, -0.25) is 9.69 Å². The lowest BCUT2D eigenvalue weighted by Gasteiger charge is -2.36. The van der Waals surface area contributed by atoms with E-state index in [0.29, 0.717) is 49.8 Å². The standard InChI is InChI=1S/C23H27N3O5/c1-4-30-23(28)26-11-9-25(10-12-26)15(2)22(27)24-18-14-20-17(13-21(18)29-3)16-7-5-6-8-19(16)31-20/h5-8,13-15H,4,9-12H2,1-3H3,(H,24,27)/t15-/m0/s1. The van der Waals surface area contributed by atoms with E-state index in [1.54, 1.807) is 25.0 Å². The molecule has 2 amide bonds. The van der Waals surface area contributed by atoms with Gasteiger partial charge < -0.3 is 24.1 Å². The summed E-state index contributed by atoms with van der Waals surface area (Å²) in [5.74, 6) is 0.435. The van der Waals surface area contributed by atoms with Crippen molar-refractivity contribution in [1.82, 2.24) is 9.80 Å². The topological polar surface area (TPSA) is 84.3 Å². The molecule has 0 unspecified atom stereocenters. The molecule has 8 nitrogen and oxygen atoms in total.